The molecule has 1 spiro atoms. The maximum absolute atomic E-state index is 11.6. The van der Waals surface area contributed by atoms with E-state index in [-0.39, 0.29) is 69.3 Å². The van der Waals surface area contributed by atoms with E-state index >= 15 is 0 Å². The number of esters is 1. The normalized spacial score (nSPS) is 25.0. The summed E-state index contributed by atoms with van der Waals surface area (Å²) >= 11 is 0. The molecule has 12 aromatic rings. The van der Waals surface area contributed by atoms with Crippen LogP contribution in [0.5, 0.6) is 23.0 Å². The quantitative estimate of drug-likeness (QED) is 0.0222. The number of epoxide rings is 1. The van der Waals surface area contributed by atoms with Crippen molar-refractivity contribution in [1.82, 2.24) is 0 Å². The smallest absolute Gasteiger partial charge is 0.330 e. The Hall–Kier alpha value is -11.4. The summed E-state index contributed by atoms with van der Waals surface area (Å²) in [7, 11) is 0. The van der Waals surface area contributed by atoms with E-state index in [2.05, 4.69) is 319 Å². The van der Waals surface area contributed by atoms with Crippen molar-refractivity contribution in [2.24, 2.45) is 0 Å². The summed E-state index contributed by atoms with van der Waals surface area (Å²) in [5.41, 5.74) is 29.7. The minimum Gasteiger partial charge on any atom is -0.490 e. The second-order valence-electron chi connectivity index (χ2n) is 38.0. The van der Waals surface area contributed by atoms with E-state index in [1.165, 1.54) is 130 Å². The number of aliphatic hydroxyl groups is 4. The molecular formula is C119H128O11. The number of carbonyl (C=O) groups excluding carboxylic acids is 1. The lowest BCUT2D eigenvalue weighted by atomic mass is 9.69. The van der Waals surface area contributed by atoms with E-state index in [9.17, 15) is 15.0 Å². The van der Waals surface area contributed by atoms with E-state index in [1.807, 2.05) is 13.0 Å². The van der Waals surface area contributed by atoms with E-state index < -0.39 is 5.60 Å². The number of hydrogen-bond donors (Lipinski definition) is 4. The van der Waals surface area contributed by atoms with Crippen LogP contribution >= 0.6 is 0 Å². The standard InChI is InChI=1S/C31H32O3.C29H30O3.C29H32O3.C29H30O2.CH4/c1-3-33-30(32)20-22-18-27(19-22)34-26-13-10-24(11-14-26)31-28(23-7-5-4-6-8-23)16-12-25-17-21(2)9-15-29(25)31;1-19-7-13-26-22(15-19)10-14-25(20-5-3-2-4-6-20)28(26)21-8-11-23(12-9-21)31-24-16-29(17-24)27(18-30)32-29;1-20-7-13-27-23(17-20)10-14-26(21-5-3-2-4-6-21)28(27)22-8-11-24(12-9-22)32-25-18-29(31,19-25)15-16-30;1-20-7-13-28-24(17-20)10-14-27(22-5-3-2-4-6-22)29(28)23-8-11-25(12-9-23)31-26-18-21(19-26)15-16-30;/h4-11,13-15,17,20,27-28,31H,3,12,16,18-19H2,1-2H3;2-9,11-13,15,24-25,27-28,30H,10,14,16-18H2,1H3;2-9,11-13,17,25-26,28,30-31H,10,14-16,18-19H2,1H3;2-9,11-13,15,17,26-27,29-30H,10,14,16,18-19H2,1H3;1H4/t27?,28-,31+;24?,25-,27?,28+,29?;25?,26-,28+,29?;26?,27-,29+;/m1111./s1. The highest BCUT2D eigenvalue weighted by atomic mass is 16.6. The molecule has 5 fully saturated rings. The van der Waals surface area contributed by atoms with Crippen molar-refractivity contribution in [2.75, 3.05) is 26.4 Å². The summed E-state index contributed by atoms with van der Waals surface area (Å²) < 4.78 is 35.2. The van der Waals surface area contributed by atoms with Gasteiger partial charge >= 0.3 is 5.97 Å². The van der Waals surface area contributed by atoms with Crippen molar-refractivity contribution >= 4 is 5.97 Å². The van der Waals surface area contributed by atoms with E-state index in [0.717, 1.165) is 106 Å². The lowest BCUT2D eigenvalue weighted by Gasteiger charge is -2.43. The van der Waals surface area contributed by atoms with Crippen molar-refractivity contribution in [1.29, 1.82) is 0 Å². The van der Waals surface area contributed by atoms with Crippen LogP contribution in [0.15, 0.2) is 314 Å². The Morgan fingerprint density at radius 2 is 0.677 bits per heavy atom. The van der Waals surface area contributed by atoms with Gasteiger partial charge in [-0.3, -0.25) is 0 Å². The molecule has 9 aliphatic rings. The molecule has 4 N–H and O–H groups in total. The van der Waals surface area contributed by atoms with Crippen LogP contribution in [0, 0.1) is 27.7 Å². The van der Waals surface area contributed by atoms with Crippen LogP contribution in [0.1, 0.15) is 256 Å². The monoisotopic (exact) mass is 1730 g/mol. The van der Waals surface area contributed by atoms with Gasteiger partial charge in [0, 0.05) is 87.7 Å². The molecule has 130 heavy (non-hydrogen) atoms. The minimum absolute atomic E-state index is 0. The van der Waals surface area contributed by atoms with Crippen molar-refractivity contribution in [3.8, 4) is 23.0 Å². The summed E-state index contributed by atoms with van der Waals surface area (Å²) in [5, 5.41) is 37.6. The van der Waals surface area contributed by atoms with Gasteiger partial charge in [0.1, 0.15) is 59.1 Å². The molecule has 9 atom stereocenters. The third-order valence-corrected chi connectivity index (χ3v) is 29.1. The third kappa shape index (κ3) is 20.8. The predicted molar refractivity (Wildman–Crippen MR) is 520 cm³/mol. The van der Waals surface area contributed by atoms with Crippen molar-refractivity contribution in [3.63, 3.8) is 0 Å². The Kier molecular flexibility index (Phi) is 28.5. The molecule has 1 heterocycles. The first-order chi connectivity index (χ1) is 63.0. The Bertz CT molecular complexity index is 5660. The van der Waals surface area contributed by atoms with Gasteiger partial charge in [-0.05, 0) is 254 Å². The van der Waals surface area contributed by atoms with Gasteiger partial charge in [-0.15, -0.1) is 0 Å². The number of carbonyl (C=O) groups is 1. The number of aliphatic hydroxyl groups excluding tert-OH is 3. The third-order valence-electron chi connectivity index (χ3n) is 29.1. The topological polar surface area (TPSA) is 157 Å². The average Bonchev–Trinajstić information content (AvgIpc) is 1.16. The molecule has 11 nitrogen and oxygen atoms in total. The van der Waals surface area contributed by atoms with Gasteiger partial charge in [-0.2, -0.15) is 0 Å². The SMILES string of the molecule is C.CCOC(=O)C=C1CC(Oc2ccc([C@@H]3c4ccc(C)cc4CC[C@@H]3c3ccccc3)cc2)C1.Cc1ccc2c(c1)CC[C@H](c1ccccc1)[C@@H]2c1ccc(OC2CC(=CCO)C2)cc1.Cc1ccc2c(c1)CC[C@H](c1ccccc1)[C@@H]2c1ccc(OC2CC(O)(CCO)C2)cc1.Cc1ccc2c(c1)CC[C@H](c1ccccc1)[C@@H]2c1ccc(OC2CC3(C2)OC3CO)cc1. The fraction of sp³-hybridized carbons (Fsp3) is 0.353. The Labute approximate surface area is 770 Å². The Morgan fingerprint density at radius 1 is 0.377 bits per heavy atom. The van der Waals surface area contributed by atoms with Crippen LogP contribution in [0.4, 0.5) is 0 Å². The molecule has 670 valence electrons. The van der Waals surface area contributed by atoms with Crippen LogP contribution in [-0.2, 0) is 40.0 Å². The number of hydrogen-bond acceptors (Lipinski definition) is 11. The molecule has 1 unspecified atom stereocenters. The molecule has 0 amide bonds. The first-order valence-electron chi connectivity index (χ1n) is 47.4. The summed E-state index contributed by atoms with van der Waals surface area (Å²) in [6.45, 7) is 11.2. The fourth-order valence-corrected chi connectivity index (χ4v) is 22.3. The maximum atomic E-state index is 11.6. The Balaban J connectivity index is 0.000000121. The highest BCUT2D eigenvalue weighted by molar-refractivity contribution is 5.83. The molecule has 0 bridgehead atoms. The number of aryl methyl sites for hydroxylation is 8. The molecule has 1 aliphatic heterocycles. The first kappa shape index (κ1) is 90.5. The zero-order chi connectivity index (χ0) is 88.5. The second kappa shape index (κ2) is 40.9. The van der Waals surface area contributed by atoms with Crippen LogP contribution in [-0.4, -0.2) is 94.5 Å². The van der Waals surface area contributed by atoms with Gasteiger partial charge in [0.15, 0.2) is 0 Å². The van der Waals surface area contributed by atoms with Gasteiger partial charge in [0.25, 0.3) is 0 Å². The van der Waals surface area contributed by atoms with Gasteiger partial charge in [0.2, 0.25) is 0 Å². The van der Waals surface area contributed by atoms with Crippen molar-refractivity contribution in [3.05, 3.63) is 426 Å². The molecule has 12 aromatic carbocycles. The molecule has 1 saturated heterocycles. The van der Waals surface area contributed by atoms with Crippen molar-refractivity contribution in [2.45, 2.75) is 240 Å². The summed E-state index contributed by atoms with van der Waals surface area (Å²) in [5.74, 6) is 6.61. The van der Waals surface area contributed by atoms with Gasteiger partial charge < -0.3 is 48.8 Å². The predicted octanol–water partition coefficient (Wildman–Crippen LogP) is 24.9. The summed E-state index contributed by atoms with van der Waals surface area (Å²) in [6.07, 6.45) is 20.0. The lowest BCUT2D eigenvalue weighted by molar-refractivity contribution is -0.137. The molecule has 4 saturated carbocycles. The second-order valence-corrected chi connectivity index (χ2v) is 38.0. The number of benzene rings is 12. The maximum Gasteiger partial charge on any atom is 0.330 e. The van der Waals surface area contributed by atoms with E-state index in [0.29, 0.717) is 73.2 Å². The van der Waals surface area contributed by atoms with Gasteiger partial charge in [-0.25, -0.2) is 4.79 Å². The van der Waals surface area contributed by atoms with Crippen LogP contribution in [0.2, 0.25) is 0 Å². The summed E-state index contributed by atoms with van der Waals surface area (Å²) in [4.78, 5) is 11.6. The largest absolute Gasteiger partial charge is 0.490 e. The van der Waals surface area contributed by atoms with Crippen LogP contribution in [0.25, 0.3) is 0 Å². The van der Waals surface area contributed by atoms with Crippen LogP contribution in [0.3, 0.4) is 0 Å². The number of rotatable bonds is 22. The van der Waals surface area contributed by atoms with E-state index in [4.69, 9.17) is 38.6 Å². The molecule has 0 radical (unpaired) electrons. The van der Waals surface area contributed by atoms with E-state index in [1.54, 1.807) is 6.08 Å². The zero-order valence-electron chi connectivity index (χ0n) is 75.4. The average molecular weight is 1730 g/mol. The molecule has 0 aromatic heterocycles. The Morgan fingerprint density at radius 3 is 0.962 bits per heavy atom. The highest BCUT2D eigenvalue weighted by Gasteiger charge is 2.65. The number of ether oxygens (including phenoxy) is 6. The zero-order valence-corrected chi connectivity index (χ0v) is 75.4. The molecule has 8 aliphatic carbocycles. The molecule has 21 rings (SSSR count). The number of fused-ring (bicyclic) bond motifs is 4. The molecular weight excluding hydrogens is 1610 g/mol. The lowest BCUT2D eigenvalue weighted by Crippen LogP contribution is -2.50. The highest BCUT2D eigenvalue weighted by Crippen LogP contribution is 2.55. The fourth-order valence-electron chi connectivity index (χ4n) is 22.3. The van der Waals surface area contributed by atoms with Crippen LogP contribution < -0.4 is 18.9 Å². The van der Waals surface area contributed by atoms with Crippen molar-refractivity contribution < 1.29 is 53.6 Å². The van der Waals surface area contributed by atoms with Gasteiger partial charge in [-0.1, -0.05) is 290 Å². The first-order valence-corrected chi connectivity index (χ1v) is 47.4. The minimum atomic E-state index is -0.758. The van der Waals surface area contributed by atoms with Gasteiger partial charge in [0.05, 0.1) is 25.4 Å². The summed E-state index contributed by atoms with van der Waals surface area (Å²) in [6, 6.07) is 106. The molecule has 11 heteroatoms.